The minimum atomic E-state index is -4.96. The molecule has 0 saturated carbocycles. The molecule has 0 fully saturated rings. The topological polar surface area (TPSA) is 24.9 Å². The number of anilines is 2. The van der Waals surface area contributed by atoms with Crippen LogP contribution in [0, 0.1) is 23.4 Å². The number of nitrogens with one attached hydrogen (secondary N) is 1. The van der Waals surface area contributed by atoms with Crippen LogP contribution in [0.15, 0.2) is 24.3 Å². The van der Waals surface area contributed by atoms with E-state index < -0.39 is 41.0 Å². The van der Waals surface area contributed by atoms with Crippen LogP contribution in [-0.4, -0.2) is 4.98 Å². The van der Waals surface area contributed by atoms with Crippen molar-refractivity contribution in [1.82, 2.24) is 4.98 Å². The van der Waals surface area contributed by atoms with E-state index in [2.05, 4.69) is 4.98 Å². The molecule has 0 radical (unpaired) electrons. The molecule has 0 aliphatic carbocycles. The molecule has 0 aliphatic heterocycles. The second-order valence-electron chi connectivity index (χ2n) is 3.91. The lowest BCUT2D eigenvalue weighted by Gasteiger charge is -2.11. The van der Waals surface area contributed by atoms with Gasteiger partial charge >= 0.3 is 6.18 Å². The molecule has 1 aromatic carbocycles. The number of rotatable bonds is 2. The fourth-order valence-corrected chi connectivity index (χ4v) is 1.49. The number of hydrogen-bond acceptors (Lipinski definition) is 2. The molecule has 9 heteroatoms. The lowest BCUT2D eigenvalue weighted by molar-refractivity contribution is -0.139. The van der Waals surface area contributed by atoms with E-state index in [1.165, 1.54) is 0 Å². The van der Waals surface area contributed by atoms with E-state index >= 15 is 0 Å². The average Bonchev–Trinajstić information content (AvgIpc) is 2.37. The summed E-state index contributed by atoms with van der Waals surface area (Å²) in [5.74, 6) is -6.84. The Balaban J connectivity index is 2.39. The molecule has 0 atom stereocenters. The van der Waals surface area contributed by atoms with Gasteiger partial charge in [-0.3, -0.25) is 0 Å². The van der Waals surface area contributed by atoms with Gasteiger partial charge in [0.25, 0.3) is 5.95 Å². The minimum absolute atomic E-state index is 0.179. The van der Waals surface area contributed by atoms with Crippen LogP contribution < -0.4 is 5.32 Å². The highest BCUT2D eigenvalue weighted by molar-refractivity contribution is 5.58. The standard InChI is InChI=1S/C12H5F7N2/c13-7-2-1-5(3-6(7)12(17,18)19)20-11-9(15)4-8(14)10(16)21-11/h1-4H,(H,20,21). The molecule has 21 heavy (non-hydrogen) atoms. The summed E-state index contributed by atoms with van der Waals surface area (Å²) in [6, 6.07) is 1.91. The zero-order valence-electron chi connectivity index (χ0n) is 9.90. The fourth-order valence-electron chi connectivity index (χ4n) is 1.49. The van der Waals surface area contributed by atoms with Gasteiger partial charge < -0.3 is 5.32 Å². The summed E-state index contributed by atoms with van der Waals surface area (Å²) >= 11 is 0. The maximum Gasteiger partial charge on any atom is 0.419 e. The van der Waals surface area contributed by atoms with Crippen molar-refractivity contribution in [2.45, 2.75) is 6.18 Å². The van der Waals surface area contributed by atoms with Crippen LogP contribution in [0.5, 0.6) is 0 Å². The average molecular weight is 310 g/mol. The van der Waals surface area contributed by atoms with Crippen molar-refractivity contribution in [2.24, 2.45) is 0 Å². The summed E-state index contributed by atoms with van der Waals surface area (Å²) in [6.45, 7) is 0. The highest BCUT2D eigenvalue weighted by Crippen LogP contribution is 2.33. The van der Waals surface area contributed by atoms with Crippen molar-refractivity contribution in [2.75, 3.05) is 5.32 Å². The molecule has 2 rings (SSSR count). The Morgan fingerprint density at radius 2 is 1.52 bits per heavy atom. The van der Waals surface area contributed by atoms with Gasteiger partial charge in [-0.2, -0.15) is 22.5 Å². The second-order valence-corrected chi connectivity index (χ2v) is 3.91. The first-order chi connectivity index (χ1) is 9.68. The summed E-state index contributed by atoms with van der Waals surface area (Å²) in [6.07, 6.45) is -4.96. The molecule has 1 heterocycles. The van der Waals surface area contributed by atoms with Crippen molar-refractivity contribution in [3.8, 4) is 0 Å². The Morgan fingerprint density at radius 3 is 2.14 bits per heavy atom. The van der Waals surface area contributed by atoms with Crippen LogP contribution in [0.2, 0.25) is 0 Å². The third kappa shape index (κ3) is 3.23. The molecule has 1 aromatic heterocycles. The van der Waals surface area contributed by atoms with Gasteiger partial charge in [0.1, 0.15) is 5.82 Å². The number of halogens is 7. The molecular weight excluding hydrogens is 305 g/mol. The maximum absolute atomic E-state index is 13.3. The normalized spacial score (nSPS) is 11.6. The number of hydrogen-bond donors (Lipinski definition) is 1. The predicted molar refractivity (Wildman–Crippen MR) is 58.8 cm³/mol. The van der Waals surface area contributed by atoms with Gasteiger partial charge in [0.15, 0.2) is 17.5 Å². The van der Waals surface area contributed by atoms with Gasteiger partial charge in [0.05, 0.1) is 5.56 Å². The largest absolute Gasteiger partial charge is 0.419 e. The molecule has 0 spiro atoms. The van der Waals surface area contributed by atoms with Gasteiger partial charge in [0, 0.05) is 11.8 Å². The monoisotopic (exact) mass is 310 g/mol. The zero-order valence-corrected chi connectivity index (χ0v) is 9.90. The van der Waals surface area contributed by atoms with Gasteiger partial charge in [-0.05, 0) is 18.2 Å². The van der Waals surface area contributed by atoms with Crippen LogP contribution in [0.3, 0.4) is 0 Å². The van der Waals surface area contributed by atoms with Gasteiger partial charge in [-0.15, -0.1) is 0 Å². The van der Waals surface area contributed by atoms with Crippen LogP contribution in [0.4, 0.5) is 42.2 Å². The third-order valence-electron chi connectivity index (χ3n) is 2.42. The first kappa shape index (κ1) is 15.1. The molecular formula is C12H5F7N2. The van der Waals surface area contributed by atoms with Crippen LogP contribution in [0.1, 0.15) is 5.56 Å². The molecule has 0 aliphatic rings. The van der Waals surface area contributed by atoms with E-state index in [1.54, 1.807) is 0 Å². The third-order valence-corrected chi connectivity index (χ3v) is 2.42. The molecule has 2 aromatic rings. The first-order valence-electron chi connectivity index (χ1n) is 5.34. The summed E-state index contributed by atoms with van der Waals surface area (Å²) in [5, 5.41) is 2.02. The van der Waals surface area contributed by atoms with Gasteiger partial charge in [0.2, 0.25) is 0 Å². The summed E-state index contributed by atoms with van der Waals surface area (Å²) in [5.41, 5.74) is -1.98. The maximum atomic E-state index is 13.3. The lowest BCUT2D eigenvalue weighted by atomic mass is 10.2. The summed E-state index contributed by atoms with van der Waals surface area (Å²) in [4.78, 5) is 2.88. The lowest BCUT2D eigenvalue weighted by Crippen LogP contribution is -2.09. The zero-order chi connectivity index (χ0) is 15.8. The Hall–Kier alpha value is -2.32. The van der Waals surface area contributed by atoms with E-state index in [1.807, 2.05) is 5.32 Å². The van der Waals surface area contributed by atoms with Crippen molar-refractivity contribution >= 4 is 11.5 Å². The van der Waals surface area contributed by atoms with E-state index in [0.29, 0.717) is 12.1 Å². The molecule has 0 unspecified atom stereocenters. The van der Waals surface area contributed by atoms with Crippen LogP contribution >= 0.6 is 0 Å². The van der Waals surface area contributed by atoms with Crippen molar-refractivity contribution < 1.29 is 30.7 Å². The highest BCUT2D eigenvalue weighted by Gasteiger charge is 2.34. The van der Waals surface area contributed by atoms with E-state index in [0.717, 1.165) is 6.07 Å². The Kier molecular flexibility index (Phi) is 3.75. The van der Waals surface area contributed by atoms with Crippen molar-refractivity contribution in [3.63, 3.8) is 0 Å². The number of aromatic nitrogens is 1. The fraction of sp³-hybridized carbons (Fsp3) is 0.0833. The number of nitrogens with zero attached hydrogens (tertiary/aromatic N) is 1. The smallest absolute Gasteiger partial charge is 0.338 e. The number of benzene rings is 1. The van der Waals surface area contributed by atoms with E-state index in [-0.39, 0.29) is 11.8 Å². The van der Waals surface area contributed by atoms with Crippen molar-refractivity contribution in [1.29, 1.82) is 0 Å². The van der Waals surface area contributed by atoms with E-state index in [9.17, 15) is 30.7 Å². The quantitative estimate of drug-likeness (QED) is 0.657. The van der Waals surface area contributed by atoms with Gasteiger partial charge in [-0.1, -0.05) is 0 Å². The Bertz CT molecular complexity index is 682. The highest BCUT2D eigenvalue weighted by atomic mass is 19.4. The number of pyridine rings is 1. The van der Waals surface area contributed by atoms with E-state index in [4.69, 9.17) is 0 Å². The number of alkyl halides is 3. The molecule has 0 saturated heterocycles. The molecule has 0 bridgehead atoms. The predicted octanol–water partition coefficient (Wildman–Crippen LogP) is 4.40. The SMILES string of the molecule is Fc1ccc(Nc2nc(F)c(F)cc2F)cc1C(F)(F)F. The van der Waals surface area contributed by atoms with Gasteiger partial charge in [-0.25, -0.2) is 13.2 Å². The Morgan fingerprint density at radius 1 is 0.857 bits per heavy atom. The second kappa shape index (κ2) is 5.23. The summed E-state index contributed by atoms with van der Waals surface area (Å²) in [7, 11) is 0. The molecule has 1 N–H and O–H groups in total. The minimum Gasteiger partial charge on any atom is -0.338 e. The molecule has 0 amide bonds. The Labute approximate surface area is 113 Å². The first-order valence-corrected chi connectivity index (χ1v) is 5.34. The van der Waals surface area contributed by atoms with Crippen LogP contribution in [0.25, 0.3) is 0 Å². The van der Waals surface area contributed by atoms with Crippen molar-refractivity contribution in [3.05, 3.63) is 53.2 Å². The van der Waals surface area contributed by atoms with Crippen LogP contribution in [-0.2, 0) is 6.18 Å². The molecule has 112 valence electrons. The summed E-state index contributed by atoms with van der Waals surface area (Å²) < 4.78 is 89.4. The molecule has 2 nitrogen and oxygen atoms in total.